The Labute approximate surface area is 138 Å². The topological polar surface area (TPSA) is 66.0 Å². The van der Waals surface area contributed by atoms with Crippen molar-refractivity contribution in [3.63, 3.8) is 0 Å². The molecule has 0 aliphatic carbocycles. The standard InChI is InChI=1S/C20H14N2O2/c23-20(24)19-10-15(17-11-21-22-12-17)7-8-18(19)16-6-5-13-3-1-2-4-14(13)9-16/h1-12H,(H,21,22)(H,23,24). The van der Waals surface area contributed by atoms with E-state index in [9.17, 15) is 9.90 Å². The molecule has 0 atom stereocenters. The predicted molar refractivity (Wildman–Crippen MR) is 93.9 cm³/mol. The number of carbonyl (C=O) groups is 1. The average Bonchev–Trinajstić information content (AvgIpc) is 3.15. The highest BCUT2D eigenvalue weighted by Crippen LogP contribution is 2.30. The van der Waals surface area contributed by atoms with Crippen LogP contribution in [0.4, 0.5) is 0 Å². The molecule has 0 radical (unpaired) electrons. The minimum absolute atomic E-state index is 0.281. The third kappa shape index (κ3) is 2.44. The summed E-state index contributed by atoms with van der Waals surface area (Å²) in [7, 11) is 0. The summed E-state index contributed by atoms with van der Waals surface area (Å²) in [6.07, 6.45) is 3.42. The van der Waals surface area contributed by atoms with Gasteiger partial charge in [-0.2, -0.15) is 5.10 Å². The largest absolute Gasteiger partial charge is 0.478 e. The fraction of sp³-hybridized carbons (Fsp3) is 0. The molecule has 3 aromatic carbocycles. The highest BCUT2D eigenvalue weighted by molar-refractivity contribution is 5.99. The zero-order valence-electron chi connectivity index (χ0n) is 12.7. The van der Waals surface area contributed by atoms with Crippen LogP contribution in [0, 0.1) is 0 Å². The van der Waals surface area contributed by atoms with E-state index >= 15 is 0 Å². The van der Waals surface area contributed by atoms with Crippen LogP contribution in [-0.4, -0.2) is 21.3 Å². The number of hydrogen-bond acceptors (Lipinski definition) is 2. The van der Waals surface area contributed by atoms with Gasteiger partial charge < -0.3 is 5.11 Å². The first kappa shape index (κ1) is 14.2. The first-order valence-electron chi connectivity index (χ1n) is 7.58. The fourth-order valence-corrected chi connectivity index (χ4v) is 2.92. The van der Waals surface area contributed by atoms with Crippen molar-refractivity contribution < 1.29 is 9.90 Å². The number of rotatable bonds is 3. The molecule has 0 unspecified atom stereocenters. The number of hydrogen-bond donors (Lipinski definition) is 2. The number of H-pyrrole nitrogens is 1. The van der Waals surface area contributed by atoms with Crippen molar-refractivity contribution in [3.8, 4) is 22.3 Å². The second-order valence-electron chi connectivity index (χ2n) is 5.61. The molecule has 1 heterocycles. The third-order valence-corrected chi connectivity index (χ3v) is 4.14. The molecule has 0 saturated heterocycles. The lowest BCUT2D eigenvalue weighted by Gasteiger charge is -2.10. The number of carboxylic acids is 1. The molecule has 0 amide bonds. The molecule has 0 fully saturated rings. The van der Waals surface area contributed by atoms with E-state index < -0.39 is 5.97 Å². The number of benzene rings is 3. The molecular formula is C20H14N2O2. The normalized spacial score (nSPS) is 10.8. The van der Waals surface area contributed by atoms with E-state index in [-0.39, 0.29) is 5.56 Å². The molecule has 24 heavy (non-hydrogen) atoms. The van der Waals surface area contributed by atoms with Crippen LogP contribution in [-0.2, 0) is 0 Å². The lowest BCUT2D eigenvalue weighted by molar-refractivity contribution is 0.0698. The van der Waals surface area contributed by atoms with Gasteiger partial charge in [0.1, 0.15) is 0 Å². The van der Waals surface area contributed by atoms with E-state index in [0.717, 1.165) is 27.5 Å². The van der Waals surface area contributed by atoms with Crippen molar-refractivity contribution >= 4 is 16.7 Å². The quantitative estimate of drug-likeness (QED) is 0.581. The van der Waals surface area contributed by atoms with Crippen LogP contribution in [0.25, 0.3) is 33.0 Å². The SMILES string of the molecule is O=C(O)c1cc(-c2cn[nH]c2)ccc1-c1ccc2ccccc2c1. The summed E-state index contributed by atoms with van der Waals surface area (Å²) >= 11 is 0. The van der Waals surface area contributed by atoms with Crippen molar-refractivity contribution in [2.45, 2.75) is 0 Å². The van der Waals surface area contributed by atoms with Gasteiger partial charge in [0.25, 0.3) is 0 Å². The maximum absolute atomic E-state index is 11.8. The molecule has 116 valence electrons. The van der Waals surface area contributed by atoms with E-state index in [2.05, 4.69) is 10.2 Å². The number of carboxylic acid groups (broad SMARTS) is 1. The summed E-state index contributed by atoms with van der Waals surface area (Å²) in [5.41, 5.74) is 3.57. The van der Waals surface area contributed by atoms with Crippen LogP contribution in [0.15, 0.2) is 73.1 Å². The van der Waals surface area contributed by atoms with E-state index in [0.29, 0.717) is 5.56 Å². The number of aromatic nitrogens is 2. The number of nitrogens with one attached hydrogen (secondary N) is 1. The van der Waals surface area contributed by atoms with Gasteiger partial charge in [0.15, 0.2) is 0 Å². The summed E-state index contributed by atoms with van der Waals surface area (Å²) in [6, 6.07) is 19.5. The van der Waals surface area contributed by atoms with Crippen LogP contribution >= 0.6 is 0 Å². The first-order chi connectivity index (χ1) is 11.7. The molecule has 0 bridgehead atoms. The predicted octanol–water partition coefficient (Wildman–Crippen LogP) is 4.60. The summed E-state index contributed by atoms with van der Waals surface area (Å²) in [5, 5.41) is 18.5. The Morgan fingerprint density at radius 3 is 2.42 bits per heavy atom. The minimum atomic E-state index is -0.941. The van der Waals surface area contributed by atoms with Gasteiger partial charge in [0.05, 0.1) is 11.8 Å². The zero-order chi connectivity index (χ0) is 16.5. The molecule has 0 saturated carbocycles. The van der Waals surface area contributed by atoms with E-state index in [4.69, 9.17) is 0 Å². The Morgan fingerprint density at radius 1 is 0.875 bits per heavy atom. The van der Waals surface area contributed by atoms with Crippen molar-refractivity contribution in [3.05, 3.63) is 78.6 Å². The number of aromatic carboxylic acids is 1. The van der Waals surface area contributed by atoms with E-state index in [1.165, 1.54) is 0 Å². The Balaban J connectivity index is 1.88. The first-order valence-corrected chi connectivity index (χ1v) is 7.58. The molecular weight excluding hydrogens is 300 g/mol. The summed E-state index contributed by atoms with van der Waals surface area (Å²) in [5.74, 6) is -0.941. The molecule has 4 aromatic rings. The zero-order valence-corrected chi connectivity index (χ0v) is 12.7. The maximum atomic E-state index is 11.8. The van der Waals surface area contributed by atoms with Gasteiger partial charge in [-0.15, -0.1) is 0 Å². The maximum Gasteiger partial charge on any atom is 0.336 e. The van der Waals surface area contributed by atoms with Crippen LogP contribution in [0.2, 0.25) is 0 Å². The van der Waals surface area contributed by atoms with Gasteiger partial charge in [-0.1, -0.05) is 48.5 Å². The van der Waals surface area contributed by atoms with Crippen LogP contribution in [0.1, 0.15) is 10.4 Å². The van der Waals surface area contributed by atoms with E-state index in [1.54, 1.807) is 18.5 Å². The van der Waals surface area contributed by atoms with Gasteiger partial charge in [0, 0.05) is 11.8 Å². The van der Waals surface area contributed by atoms with Crippen molar-refractivity contribution in [1.29, 1.82) is 0 Å². The van der Waals surface area contributed by atoms with Crippen LogP contribution in [0.3, 0.4) is 0 Å². The van der Waals surface area contributed by atoms with Gasteiger partial charge in [0.2, 0.25) is 0 Å². The molecule has 0 aliphatic heterocycles. The molecule has 4 rings (SSSR count). The van der Waals surface area contributed by atoms with Crippen LogP contribution < -0.4 is 0 Å². The molecule has 4 nitrogen and oxygen atoms in total. The van der Waals surface area contributed by atoms with E-state index in [1.807, 2.05) is 54.6 Å². The Kier molecular flexibility index (Phi) is 3.35. The summed E-state index contributed by atoms with van der Waals surface area (Å²) < 4.78 is 0. The molecule has 2 N–H and O–H groups in total. The average molecular weight is 314 g/mol. The summed E-state index contributed by atoms with van der Waals surface area (Å²) in [6.45, 7) is 0. The van der Waals surface area contributed by atoms with Gasteiger partial charge in [-0.25, -0.2) is 4.79 Å². The second-order valence-corrected chi connectivity index (χ2v) is 5.61. The van der Waals surface area contributed by atoms with Gasteiger partial charge >= 0.3 is 5.97 Å². The smallest absolute Gasteiger partial charge is 0.336 e. The molecule has 0 aliphatic rings. The highest BCUT2D eigenvalue weighted by atomic mass is 16.4. The van der Waals surface area contributed by atoms with Crippen molar-refractivity contribution in [2.75, 3.05) is 0 Å². The summed E-state index contributed by atoms with van der Waals surface area (Å²) in [4.78, 5) is 11.8. The second kappa shape index (κ2) is 5.66. The Bertz CT molecular complexity index is 1040. The van der Waals surface area contributed by atoms with Crippen molar-refractivity contribution in [1.82, 2.24) is 10.2 Å². The number of aromatic amines is 1. The lowest BCUT2D eigenvalue weighted by atomic mass is 9.94. The molecule has 4 heteroatoms. The molecule has 0 spiro atoms. The number of nitrogens with zero attached hydrogens (tertiary/aromatic N) is 1. The third-order valence-electron chi connectivity index (χ3n) is 4.14. The number of fused-ring (bicyclic) bond motifs is 1. The minimum Gasteiger partial charge on any atom is -0.478 e. The Morgan fingerprint density at radius 2 is 1.67 bits per heavy atom. The van der Waals surface area contributed by atoms with Crippen LogP contribution in [0.5, 0.6) is 0 Å². The monoisotopic (exact) mass is 314 g/mol. The van der Waals surface area contributed by atoms with Gasteiger partial charge in [-0.05, 0) is 39.6 Å². The highest BCUT2D eigenvalue weighted by Gasteiger charge is 2.14. The van der Waals surface area contributed by atoms with Crippen molar-refractivity contribution in [2.24, 2.45) is 0 Å². The fourth-order valence-electron chi connectivity index (χ4n) is 2.92. The lowest BCUT2D eigenvalue weighted by Crippen LogP contribution is -2.00. The van der Waals surface area contributed by atoms with Gasteiger partial charge in [-0.3, -0.25) is 5.10 Å². The Hall–Kier alpha value is -3.40. The molecule has 1 aromatic heterocycles.